The van der Waals surface area contributed by atoms with Gasteiger partial charge in [-0.05, 0) is 67.3 Å². The maximum atomic E-state index is 14.7. The summed E-state index contributed by atoms with van der Waals surface area (Å²) in [7, 11) is -4.63. The first-order valence-electron chi connectivity index (χ1n) is 16.6. The Balaban J connectivity index is 1.62. The molecule has 0 spiro atoms. The number of nitrogens with zero attached hydrogens (tertiary/aromatic N) is 2. The molecule has 2 amide bonds. The fourth-order valence-electron chi connectivity index (χ4n) is 6.16. The number of aryl methyl sites for hydroxylation is 1. The van der Waals surface area contributed by atoms with Gasteiger partial charge in [0.1, 0.15) is 12.6 Å². The molecule has 0 aromatic heterocycles. The number of carbonyl (C=O) groups is 2. The van der Waals surface area contributed by atoms with E-state index in [4.69, 9.17) is 23.2 Å². The molecule has 0 radical (unpaired) electrons. The zero-order chi connectivity index (χ0) is 36.8. The van der Waals surface area contributed by atoms with Gasteiger partial charge in [0.25, 0.3) is 10.0 Å². The number of rotatable bonds is 12. The summed E-state index contributed by atoms with van der Waals surface area (Å²) in [5.74, 6) is -1.25. The molecule has 0 unspecified atom stereocenters. The molecule has 7 nitrogen and oxygen atoms in total. The minimum atomic E-state index is -4.91. The van der Waals surface area contributed by atoms with Crippen LogP contribution < -0.4 is 9.62 Å². The summed E-state index contributed by atoms with van der Waals surface area (Å²) < 4.78 is 71.3. The van der Waals surface area contributed by atoms with E-state index in [0.717, 1.165) is 55.4 Å². The minimum Gasteiger partial charge on any atom is -0.352 e. The van der Waals surface area contributed by atoms with E-state index in [0.29, 0.717) is 21.0 Å². The van der Waals surface area contributed by atoms with E-state index < -0.39 is 56.9 Å². The Hall–Kier alpha value is -4.06. The number of nitrogens with one attached hydrogen (secondary N) is 1. The predicted molar refractivity (Wildman–Crippen MR) is 193 cm³/mol. The normalized spacial score (nSPS) is 14.5. The molecular formula is C38H38Cl2F3N3O4S. The van der Waals surface area contributed by atoms with Crippen molar-refractivity contribution in [3.8, 4) is 0 Å². The molecule has 4 aromatic carbocycles. The molecule has 1 atom stereocenters. The average molecular weight is 761 g/mol. The molecule has 270 valence electrons. The Kier molecular flexibility index (Phi) is 12.4. The lowest BCUT2D eigenvalue weighted by atomic mass is 9.94. The van der Waals surface area contributed by atoms with Crippen molar-refractivity contribution in [1.29, 1.82) is 0 Å². The molecule has 1 aliphatic rings. The van der Waals surface area contributed by atoms with Crippen LogP contribution in [0, 0.1) is 6.92 Å². The minimum absolute atomic E-state index is 0.0828. The molecule has 0 heterocycles. The highest BCUT2D eigenvalue weighted by Crippen LogP contribution is 2.38. The summed E-state index contributed by atoms with van der Waals surface area (Å²) in [6.07, 6.45) is -0.314. The van der Waals surface area contributed by atoms with Crippen molar-refractivity contribution in [1.82, 2.24) is 10.2 Å². The smallest absolute Gasteiger partial charge is 0.352 e. The summed E-state index contributed by atoms with van der Waals surface area (Å²) in [5.41, 5.74) is 0.301. The lowest BCUT2D eigenvalue weighted by Gasteiger charge is -2.35. The van der Waals surface area contributed by atoms with Crippen LogP contribution in [0.4, 0.5) is 18.9 Å². The average Bonchev–Trinajstić information content (AvgIpc) is 3.10. The summed E-state index contributed by atoms with van der Waals surface area (Å²) >= 11 is 12.5. The number of halogens is 5. The predicted octanol–water partition coefficient (Wildman–Crippen LogP) is 8.60. The Morgan fingerprint density at radius 2 is 1.51 bits per heavy atom. The number of hydrogen-bond donors (Lipinski definition) is 1. The summed E-state index contributed by atoms with van der Waals surface area (Å²) in [4.78, 5) is 30.0. The first-order chi connectivity index (χ1) is 24.2. The van der Waals surface area contributed by atoms with Crippen molar-refractivity contribution < 1.29 is 31.2 Å². The topological polar surface area (TPSA) is 86.8 Å². The fraction of sp³-hybridized carbons (Fsp3) is 0.316. The summed E-state index contributed by atoms with van der Waals surface area (Å²) in [6.45, 7) is 0.646. The molecule has 0 aliphatic heterocycles. The van der Waals surface area contributed by atoms with Gasteiger partial charge in [0.2, 0.25) is 11.8 Å². The summed E-state index contributed by atoms with van der Waals surface area (Å²) in [6, 6.07) is 23.0. The van der Waals surface area contributed by atoms with Crippen molar-refractivity contribution in [3.63, 3.8) is 0 Å². The molecule has 1 saturated carbocycles. The number of benzene rings is 4. The van der Waals surface area contributed by atoms with E-state index >= 15 is 0 Å². The Morgan fingerprint density at radius 3 is 2.16 bits per heavy atom. The highest BCUT2D eigenvalue weighted by molar-refractivity contribution is 7.92. The second-order valence-corrected chi connectivity index (χ2v) is 15.3. The van der Waals surface area contributed by atoms with Gasteiger partial charge in [-0.3, -0.25) is 13.9 Å². The van der Waals surface area contributed by atoms with Crippen LogP contribution in [0.15, 0.2) is 102 Å². The number of anilines is 1. The van der Waals surface area contributed by atoms with Crippen LogP contribution in [0.2, 0.25) is 10.0 Å². The second-order valence-electron chi connectivity index (χ2n) is 12.6. The maximum Gasteiger partial charge on any atom is 0.417 e. The third-order valence-electron chi connectivity index (χ3n) is 8.95. The Labute approximate surface area is 306 Å². The van der Waals surface area contributed by atoms with Crippen LogP contribution in [-0.4, -0.2) is 43.8 Å². The monoisotopic (exact) mass is 759 g/mol. The van der Waals surface area contributed by atoms with E-state index in [2.05, 4.69) is 5.32 Å². The van der Waals surface area contributed by atoms with E-state index in [1.54, 1.807) is 55.5 Å². The lowest BCUT2D eigenvalue weighted by molar-refractivity contribution is -0.140. The van der Waals surface area contributed by atoms with Crippen LogP contribution in [0.5, 0.6) is 0 Å². The van der Waals surface area contributed by atoms with Crippen LogP contribution in [0.25, 0.3) is 0 Å². The van der Waals surface area contributed by atoms with E-state index in [9.17, 15) is 31.2 Å². The van der Waals surface area contributed by atoms with Crippen molar-refractivity contribution >= 4 is 50.7 Å². The van der Waals surface area contributed by atoms with Crippen LogP contribution in [-0.2, 0) is 38.8 Å². The Bertz CT molecular complexity index is 1940. The zero-order valence-electron chi connectivity index (χ0n) is 27.9. The second kappa shape index (κ2) is 16.5. The summed E-state index contributed by atoms with van der Waals surface area (Å²) in [5, 5.41) is 2.80. The van der Waals surface area contributed by atoms with Gasteiger partial charge < -0.3 is 10.2 Å². The molecule has 13 heteroatoms. The highest BCUT2D eigenvalue weighted by Gasteiger charge is 2.38. The van der Waals surface area contributed by atoms with Gasteiger partial charge in [-0.1, -0.05) is 109 Å². The van der Waals surface area contributed by atoms with Crippen molar-refractivity contribution in [2.24, 2.45) is 0 Å². The van der Waals surface area contributed by atoms with Crippen LogP contribution in [0.1, 0.15) is 54.4 Å². The number of sulfonamides is 1. The van der Waals surface area contributed by atoms with Crippen molar-refractivity contribution in [3.05, 3.63) is 129 Å². The molecular weight excluding hydrogens is 722 g/mol. The van der Waals surface area contributed by atoms with Gasteiger partial charge in [-0.15, -0.1) is 0 Å². The van der Waals surface area contributed by atoms with E-state index in [-0.39, 0.29) is 23.9 Å². The standard InChI is InChI=1S/C38H38Cl2F3N3O4S/c1-26-16-19-31(20-17-26)51(49,50)46(30-18-21-34(40)32(23-30)38(41,42)43)25-36(47)45(24-28-12-8-9-15-33(28)39)35(22-27-10-4-2-5-11-27)37(48)44-29-13-6-3-7-14-29/h2,4-5,8-12,15-21,23,29,35H,3,6-7,13-14,22,24-25H2,1H3,(H,44,48)/t35-/m1/s1. The van der Waals surface area contributed by atoms with Crippen LogP contribution >= 0.6 is 23.2 Å². The largest absolute Gasteiger partial charge is 0.417 e. The molecule has 1 aliphatic carbocycles. The highest BCUT2D eigenvalue weighted by atomic mass is 35.5. The molecule has 5 rings (SSSR count). The number of carbonyl (C=O) groups excluding carboxylic acids is 2. The van der Waals surface area contributed by atoms with E-state index in [1.807, 2.05) is 18.2 Å². The lowest BCUT2D eigenvalue weighted by Crippen LogP contribution is -2.55. The van der Waals surface area contributed by atoms with Crippen molar-refractivity contribution in [2.45, 2.75) is 75.1 Å². The first kappa shape index (κ1) is 38.2. The first-order valence-corrected chi connectivity index (χ1v) is 18.8. The van der Waals surface area contributed by atoms with Gasteiger partial charge in [0.15, 0.2) is 0 Å². The van der Waals surface area contributed by atoms with Gasteiger partial charge in [-0.25, -0.2) is 8.42 Å². The van der Waals surface area contributed by atoms with Crippen molar-refractivity contribution in [2.75, 3.05) is 10.8 Å². The van der Waals surface area contributed by atoms with Gasteiger partial charge in [-0.2, -0.15) is 13.2 Å². The third-order valence-corrected chi connectivity index (χ3v) is 11.4. The number of alkyl halides is 3. The number of amides is 2. The van der Waals surface area contributed by atoms with Gasteiger partial charge in [0.05, 0.1) is 21.2 Å². The number of hydrogen-bond acceptors (Lipinski definition) is 4. The van der Waals surface area contributed by atoms with Gasteiger partial charge in [0, 0.05) is 24.0 Å². The van der Waals surface area contributed by atoms with Crippen LogP contribution in [0.3, 0.4) is 0 Å². The molecule has 1 fully saturated rings. The molecule has 0 saturated heterocycles. The zero-order valence-corrected chi connectivity index (χ0v) is 30.2. The fourth-order valence-corrected chi connectivity index (χ4v) is 7.99. The molecule has 51 heavy (non-hydrogen) atoms. The molecule has 4 aromatic rings. The molecule has 1 N–H and O–H groups in total. The van der Waals surface area contributed by atoms with Gasteiger partial charge >= 0.3 is 6.18 Å². The third kappa shape index (κ3) is 9.64. The maximum absolute atomic E-state index is 14.7. The van der Waals surface area contributed by atoms with E-state index in [1.165, 1.54) is 17.0 Å². The Morgan fingerprint density at radius 1 is 0.863 bits per heavy atom. The molecule has 0 bridgehead atoms. The quantitative estimate of drug-likeness (QED) is 0.157. The SMILES string of the molecule is Cc1ccc(S(=O)(=O)N(CC(=O)N(Cc2ccccc2Cl)[C@H](Cc2ccccc2)C(=O)NC2CCCCC2)c2ccc(Cl)c(C(F)(F)F)c2)cc1.